The molecule has 1 saturated carbocycles. The summed E-state index contributed by atoms with van der Waals surface area (Å²) in [6, 6.07) is 0.211. The van der Waals surface area contributed by atoms with Crippen molar-refractivity contribution in [3.63, 3.8) is 0 Å². The topological polar surface area (TPSA) is 76.4 Å². The standard InChI is InChI=1S/C10H19N3O2/c11-5-9(7-1-2-7)13-10(14)12-8-3-4-15-6-8/h7-9H,1-6,11H2,(H2,12,13,14). The van der Waals surface area contributed by atoms with Gasteiger partial charge in [0.1, 0.15) is 0 Å². The Labute approximate surface area is 89.7 Å². The van der Waals surface area contributed by atoms with E-state index in [0.29, 0.717) is 19.1 Å². The van der Waals surface area contributed by atoms with E-state index in [1.54, 1.807) is 0 Å². The highest BCUT2D eigenvalue weighted by Gasteiger charge is 2.31. The Balaban J connectivity index is 1.70. The molecule has 2 unspecified atom stereocenters. The van der Waals surface area contributed by atoms with E-state index in [-0.39, 0.29) is 18.1 Å². The molecule has 0 spiro atoms. The highest BCUT2D eigenvalue weighted by atomic mass is 16.5. The van der Waals surface area contributed by atoms with Crippen LogP contribution in [0.5, 0.6) is 0 Å². The molecule has 4 N–H and O–H groups in total. The number of urea groups is 1. The van der Waals surface area contributed by atoms with E-state index in [2.05, 4.69) is 10.6 Å². The van der Waals surface area contributed by atoms with Crippen LogP contribution in [0.2, 0.25) is 0 Å². The van der Waals surface area contributed by atoms with Crippen LogP contribution >= 0.6 is 0 Å². The van der Waals surface area contributed by atoms with Gasteiger partial charge in [-0.05, 0) is 25.2 Å². The quantitative estimate of drug-likeness (QED) is 0.606. The molecule has 2 atom stereocenters. The van der Waals surface area contributed by atoms with E-state index in [0.717, 1.165) is 13.0 Å². The van der Waals surface area contributed by atoms with Crippen molar-refractivity contribution in [2.75, 3.05) is 19.8 Å². The highest BCUT2D eigenvalue weighted by molar-refractivity contribution is 5.74. The van der Waals surface area contributed by atoms with Gasteiger partial charge in [0.2, 0.25) is 0 Å². The third kappa shape index (κ3) is 3.07. The maximum absolute atomic E-state index is 11.6. The number of rotatable bonds is 4. The van der Waals surface area contributed by atoms with Crippen LogP contribution in [0.25, 0.3) is 0 Å². The minimum absolute atomic E-state index is 0.104. The zero-order valence-electron chi connectivity index (χ0n) is 8.87. The van der Waals surface area contributed by atoms with Crippen LogP contribution in [-0.4, -0.2) is 37.9 Å². The number of hydrogen-bond acceptors (Lipinski definition) is 3. The summed E-state index contributed by atoms with van der Waals surface area (Å²) < 4.78 is 5.18. The van der Waals surface area contributed by atoms with Gasteiger partial charge in [-0.2, -0.15) is 0 Å². The zero-order valence-corrected chi connectivity index (χ0v) is 8.87. The van der Waals surface area contributed by atoms with Gasteiger partial charge in [0.25, 0.3) is 0 Å². The van der Waals surface area contributed by atoms with Gasteiger partial charge >= 0.3 is 6.03 Å². The summed E-state index contributed by atoms with van der Waals surface area (Å²) in [7, 11) is 0. The van der Waals surface area contributed by atoms with Gasteiger partial charge in [0.05, 0.1) is 12.6 Å². The molecular formula is C10H19N3O2. The highest BCUT2D eigenvalue weighted by Crippen LogP contribution is 2.32. The molecule has 15 heavy (non-hydrogen) atoms. The molecule has 1 heterocycles. The average Bonchev–Trinajstić information content (AvgIpc) is 2.95. The van der Waals surface area contributed by atoms with Crippen molar-refractivity contribution in [3.8, 4) is 0 Å². The minimum atomic E-state index is -0.104. The second-order valence-corrected chi connectivity index (χ2v) is 4.36. The van der Waals surface area contributed by atoms with Crippen LogP contribution in [-0.2, 0) is 4.74 Å². The molecule has 2 rings (SSSR count). The van der Waals surface area contributed by atoms with Gasteiger partial charge in [-0.25, -0.2) is 4.79 Å². The largest absolute Gasteiger partial charge is 0.379 e. The van der Waals surface area contributed by atoms with Crippen molar-refractivity contribution in [1.82, 2.24) is 10.6 Å². The Morgan fingerprint density at radius 1 is 1.47 bits per heavy atom. The molecule has 0 aromatic heterocycles. The van der Waals surface area contributed by atoms with Crippen LogP contribution in [0.15, 0.2) is 0 Å². The minimum Gasteiger partial charge on any atom is -0.379 e. The zero-order chi connectivity index (χ0) is 10.7. The van der Waals surface area contributed by atoms with Gasteiger partial charge < -0.3 is 21.1 Å². The first-order chi connectivity index (χ1) is 7.29. The molecule has 0 bridgehead atoms. The molecule has 0 aromatic carbocycles. The molecule has 86 valence electrons. The smallest absolute Gasteiger partial charge is 0.315 e. The number of hydrogen-bond donors (Lipinski definition) is 3. The number of amides is 2. The Morgan fingerprint density at radius 3 is 2.80 bits per heavy atom. The lowest BCUT2D eigenvalue weighted by molar-refractivity contribution is 0.188. The van der Waals surface area contributed by atoms with Crippen LogP contribution in [0.3, 0.4) is 0 Å². The summed E-state index contributed by atoms with van der Waals surface area (Å²) in [6.07, 6.45) is 3.29. The van der Waals surface area contributed by atoms with Gasteiger partial charge in [0, 0.05) is 19.2 Å². The lowest BCUT2D eigenvalue weighted by Gasteiger charge is -2.18. The van der Waals surface area contributed by atoms with Crippen LogP contribution in [0.1, 0.15) is 19.3 Å². The first-order valence-corrected chi connectivity index (χ1v) is 5.64. The number of nitrogens with one attached hydrogen (secondary N) is 2. The van der Waals surface area contributed by atoms with Crippen molar-refractivity contribution in [1.29, 1.82) is 0 Å². The summed E-state index contributed by atoms with van der Waals surface area (Å²) in [5.74, 6) is 0.598. The molecule has 2 fully saturated rings. The molecule has 2 aliphatic rings. The second-order valence-electron chi connectivity index (χ2n) is 4.36. The van der Waals surface area contributed by atoms with Crippen molar-refractivity contribution >= 4 is 6.03 Å². The lowest BCUT2D eigenvalue weighted by atomic mass is 10.2. The summed E-state index contributed by atoms with van der Waals surface area (Å²) in [5, 5.41) is 5.82. The summed E-state index contributed by atoms with van der Waals surface area (Å²) in [4.78, 5) is 11.6. The Kier molecular flexibility index (Phi) is 3.43. The van der Waals surface area contributed by atoms with Crippen molar-refractivity contribution in [2.24, 2.45) is 11.7 Å². The SMILES string of the molecule is NCC(NC(=O)NC1CCOC1)C1CC1. The summed E-state index contributed by atoms with van der Waals surface area (Å²) in [5.41, 5.74) is 5.60. The first kappa shape index (κ1) is 10.7. The number of carbonyl (C=O) groups is 1. The van der Waals surface area contributed by atoms with Crippen molar-refractivity contribution in [2.45, 2.75) is 31.3 Å². The van der Waals surface area contributed by atoms with Crippen LogP contribution < -0.4 is 16.4 Å². The van der Waals surface area contributed by atoms with Crippen LogP contribution in [0, 0.1) is 5.92 Å². The molecule has 1 saturated heterocycles. The maximum Gasteiger partial charge on any atom is 0.315 e. The van der Waals surface area contributed by atoms with Crippen LogP contribution in [0.4, 0.5) is 4.79 Å². The molecule has 1 aliphatic heterocycles. The third-order valence-electron chi connectivity index (χ3n) is 3.03. The lowest BCUT2D eigenvalue weighted by Crippen LogP contribution is -2.49. The molecular weight excluding hydrogens is 194 g/mol. The molecule has 5 nitrogen and oxygen atoms in total. The summed E-state index contributed by atoms with van der Waals surface area (Å²) >= 11 is 0. The summed E-state index contributed by atoms with van der Waals surface area (Å²) in [6.45, 7) is 1.90. The van der Waals surface area contributed by atoms with E-state index in [1.165, 1.54) is 12.8 Å². The van der Waals surface area contributed by atoms with E-state index >= 15 is 0 Å². The Hall–Kier alpha value is -0.810. The van der Waals surface area contributed by atoms with Crippen molar-refractivity contribution in [3.05, 3.63) is 0 Å². The van der Waals surface area contributed by atoms with E-state index < -0.39 is 0 Å². The molecule has 2 amide bonds. The Morgan fingerprint density at radius 2 is 2.27 bits per heavy atom. The predicted molar refractivity (Wildman–Crippen MR) is 56.5 cm³/mol. The van der Waals surface area contributed by atoms with Gasteiger partial charge in [0.15, 0.2) is 0 Å². The molecule has 0 aromatic rings. The van der Waals surface area contributed by atoms with E-state index in [9.17, 15) is 4.79 Å². The second kappa shape index (κ2) is 4.81. The van der Waals surface area contributed by atoms with Crippen molar-refractivity contribution < 1.29 is 9.53 Å². The number of carbonyl (C=O) groups excluding carboxylic acids is 1. The molecule has 0 radical (unpaired) electrons. The fraction of sp³-hybridized carbons (Fsp3) is 0.900. The molecule has 1 aliphatic carbocycles. The number of nitrogens with two attached hydrogens (primary N) is 1. The third-order valence-corrected chi connectivity index (χ3v) is 3.03. The van der Waals surface area contributed by atoms with Gasteiger partial charge in [-0.15, -0.1) is 0 Å². The fourth-order valence-electron chi connectivity index (χ4n) is 1.91. The van der Waals surface area contributed by atoms with Gasteiger partial charge in [-0.3, -0.25) is 0 Å². The van der Waals surface area contributed by atoms with E-state index in [4.69, 9.17) is 10.5 Å². The monoisotopic (exact) mass is 213 g/mol. The van der Waals surface area contributed by atoms with Gasteiger partial charge in [-0.1, -0.05) is 0 Å². The predicted octanol–water partition coefficient (Wildman–Crippen LogP) is -0.188. The first-order valence-electron chi connectivity index (χ1n) is 5.64. The Bertz CT molecular complexity index is 225. The molecule has 5 heteroatoms. The maximum atomic E-state index is 11.6. The number of ether oxygens (including phenoxy) is 1. The normalized spacial score (nSPS) is 27.4. The average molecular weight is 213 g/mol. The fourth-order valence-corrected chi connectivity index (χ4v) is 1.91. The van der Waals surface area contributed by atoms with E-state index in [1.807, 2.05) is 0 Å².